The first-order valence-electron chi connectivity index (χ1n) is 16.9. The molecule has 0 saturated heterocycles. The second-order valence-corrected chi connectivity index (χ2v) is 12.8. The fraction of sp³-hybridized carbons (Fsp3) is 0. The Morgan fingerprint density at radius 1 is 0.373 bits per heavy atom. The Hall–Kier alpha value is -7.05. The van der Waals surface area contributed by atoms with Crippen LogP contribution in [-0.2, 0) is 0 Å². The molecule has 0 aliphatic heterocycles. The smallest absolute Gasteiger partial charge is 0.238 e. The Balaban J connectivity index is 1.24. The van der Waals surface area contributed by atoms with Gasteiger partial charge in [-0.15, -0.1) is 0 Å². The number of hydrogen-bond acceptors (Lipinski definition) is 5. The molecule has 0 radical (unpaired) electrons. The average Bonchev–Trinajstić information content (AvgIpc) is 3.86. The second kappa shape index (κ2) is 10.7. The van der Waals surface area contributed by atoms with Gasteiger partial charge in [-0.05, 0) is 41.5 Å². The predicted molar refractivity (Wildman–Crippen MR) is 205 cm³/mol. The van der Waals surface area contributed by atoms with Crippen LogP contribution in [0, 0.1) is 0 Å². The summed E-state index contributed by atoms with van der Waals surface area (Å²) in [6.07, 6.45) is 0. The quantitative estimate of drug-likeness (QED) is 0.189. The molecule has 11 aromatic rings. The van der Waals surface area contributed by atoms with Gasteiger partial charge in [-0.3, -0.25) is 4.57 Å². The Bertz CT molecular complexity index is 3140. The van der Waals surface area contributed by atoms with Gasteiger partial charge in [0, 0.05) is 49.5 Å². The van der Waals surface area contributed by atoms with Gasteiger partial charge in [0.15, 0.2) is 11.6 Å². The van der Waals surface area contributed by atoms with E-state index in [1.807, 2.05) is 72.8 Å². The third-order valence-electron chi connectivity index (χ3n) is 9.87. The summed E-state index contributed by atoms with van der Waals surface area (Å²) in [6, 6.07) is 53.8. The minimum atomic E-state index is 0.522. The zero-order valence-electron chi connectivity index (χ0n) is 27.1. The summed E-state index contributed by atoms with van der Waals surface area (Å²) in [5.41, 5.74) is 9.20. The van der Waals surface area contributed by atoms with Crippen molar-refractivity contribution < 1.29 is 8.83 Å². The molecule has 0 fully saturated rings. The van der Waals surface area contributed by atoms with Crippen LogP contribution >= 0.6 is 0 Å². The average molecular weight is 655 g/mol. The molecule has 51 heavy (non-hydrogen) atoms. The van der Waals surface area contributed by atoms with E-state index in [0.717, 1.165) is 87.9 Å². The minimum absolute atomic E-state index is 0.522. The Labute approximate surface area is 290 Å². The van der Waals surface area contributed by atoms with Gasteiger partial charge in [-0.1, -0.05) is 121 Å². The van der Waals surface area contributed by atoms with Crippen molar-refractivity contribution in [1.29, 1.82) is 0 Å². The Kier molecular flexibility index (Phi) is 5.86. The van der Waals surface area contributed by atoms with Crippen LogP contribution in [0.2, 0.25) is 0 Å². The largest absolute Gasteiger partial charge is 0.456 e. The first-order chi connectivity index (χ1) is 25.3. The van der Waals surface area contributed by atoms with E-state index < -0.39 is 0 Å². The lowest BCUT2D eigenvalue weighted by atomic mass is 9.97. The summed E-state index contributed by atoms with van der Waals surface area (Å²) in [7, 11) is 0. The zero-order valence-corrected chi connectivity index (χ0v) is 27.1. The van der Waals surface area contributed by atoms with Gasteiger partial charge in [0.25, 0.3) is 0 Å². The summed E-state index contributed by atoms with van der Waals surface area (Å²) >= 11 is 0. The predicted octanol–water partition coefficient (Wildman–Crippen LogP) is 11.8. The fourth-order valence-electron chi connectivity index (χ4n) is 7.62. The highest BCUT2D eigenvalue weighted by Gasteiger charge is 2.22. The number of para-hydroxylation sites is 2. The van der Waals surface area contributed by atoms with E-state index in [1.165, 1.54) is 0 Å². The Morgan fingerprint density at radius 2 is 0.980 bits per heavy atom. The van der Waals surface area contributed by atoms with Crippen LogP contribution in [0.4, 0.5) is 0 Å². The summed E-state index contributed by atoms with van der Waals surface area (Å²) in [5.74, 6) is 1.67. The van der Waals surface area contributed by atoms with Gasteiger partial charge in [0.1, 0.15) is 22.3 Å². The van der Waals surface area contributed by atoms with Crippen LogP contribution in [0.1, 0.15) is 0 Å². The van der Waals surface area contributed by atoms with Gasteiger partial charge in [0.2, 0.25) is 5.95 Å². The summed E-state index contributed by atoms with van der Waals surface area (Å²) < 4.78 is 15.0. The number of rotatable bonds is 4. The summed E-state index contributed by atoms with van der Waals surface area (Å²) in [5, 5.41) is 6.38. The number of benzene rings is 7. The molecule has 0 amide bonds. The van der Waals surface area contributed by atoms with Crippen LogP contribution in [0.3, 0.4) is 0 Å². The summed E-state index contributed by atoms with van der Waals surface area (Å²) in [4.78, 5) is 15.6. The van der Waals surface area contributed by atoms with Crippen LogP contribution < -0.4 is 0 Å². The SMILES string of the molecule is c1ccc(-c2nc(-c3cccc4oc5cccc(-c6ccccc6)c5c34)nc(-n3c4ccccc4c4cc5c(cc43)oc3ccccc35)n2)cc1. The van der Waals surface area contributed by atoms with Crippen LogP contribution in [0.5, 0.6) is 0 Å². The molecule has 0 saturated carbocycles. The molecule has 11 rings (SSSR count). The maximum atomic E-state index is 6.49. The number of hydrogen-bond donors (Lipinski definition) is 0. The van der Waals surface area contributed by atoms with Crippen molar-refractivity contribution in [2.45, 2.75) is 0 Å². The monoisotopic (exact) mass is 654 g/mol. The third-order valence-corrected chi connectivity index (χ3v) is 9.87. The standard InChI is InChI=1S/C45H26N4O2/c1-3-13-27(14-4-1)29-19-11-23-38-41(29)42-32(20-12-24-39(42)51-38)44-46-43(28-15-5-2-6-16-28)47-45(48-44)49-35-21-9-7-17-30(35)33-25-34-31-18-8-10-22-37(31)50-40(34)26-36(33)49/h1-26H. The molecule has 0 aliphatic rings. The molecule has 6 nitrogen and oxygen atoms in total. The van der Waals surface area contributed by atoms with Crippen molar-refractivity contribution >= 4 is 65.7 Å². The fourth-order valence-corrected chi connectivity index (χ4v) is 7.62. The first-order valence-corrected chi connectivity index (χ1v) is 16.9. The highest BCUT2D eigenvalue weighted by atomic mass is 16.3. The molecule has 6 heteroatoms. The van der Waals surface area contributed by atoms with Crippen molar-refractivity contribution in [2.75, 3.05) is 0 Å². The van der Waals surface area contributed by atoms with Crippen LogP contribution in [0.25, 0.3) is 106 Å². The van der Waals surface area contributed by atoms with E-state index in [4.69, 9.17) is 23.8 Å². The molecular weight excluding hydrogens is 629 g/mol. The first kappa shape index (κ1) is 27.9. The van der Waals surface area contributed by atoms with E-state index in [0.29, 0.717) is 17.6 Å². The normalized spacial score (nSPS) is 11.9. The lowest BCUT2D eigenvalue weighted by Gasteiger charge is -2.12. The Morgan fingerprint density at radius 3 is 1.78 bits per heavy atom. The number of fused-ring (bicyclic) bond motifs is 9. The highest BCUT2D eigenvalue weighted by Crippen LogP contribution is 2.42. The van der Waals surface area contributed by atoms with Gasteiger partial charge in [-0.2, -0.15) is 9.97 Å². The summed E-state index contributed by atoms with van der Waals surface area (Å²) in [6.45, 7) is 0. The van der Waals surface area contributed by atoms with Crippen molar-refractivity contribution in [3.63, 3.8) is 0 Å². The molecule has 4 heterocycles. The zero-order chi connectivity index (χ0) is 33.5. The van der Waals surface area contributed by atoms with Gasteiger partial charge >= 0.3 is 0 Å². The molecule has 0 N–H and O–H groups in total. The minimum Gasteiger partial charge on any atom is -0.456 e. The second-order valence-electron chi connectivity index (χ2n) is 12.8. The van der Waals surface area contributed by atoms with Gasteiger partial charge in [0.05, 0.1) is 11.0 Å². The molecule has 238 valence electrons. The molecule has 0 aliphatic carbocycles. The van der Waals surface area contributed by atoms with Gasteiger partial charge in [-0.25, -0.2) is 4.98 Å². The van der Waals surface area contributed by atoms with Crippen molar-refractivity contribution in [2.24, 2.45) is 0 Å². The maximum absolute atomic E-state index is 6.49. The maximum Gasteiger partial charge on any atom is 0.238 e. The molecule has 0 bridgehead atoms. The molecular formula is C45H26N4O2. The topological polar surface area (TPSA) is 69.9 Å². The van der Waals surface area contributed by atoms with Crippen molar-refractivity contribution in [1.82, 2.24) is 19.5 Å². The highest BCUT2D eigenvalue weighted by molar-refractivity contribution is 6.18. The molecule has 0 unspecified atom stereocenters. The van der Waals surface area contributed by atoms with E-state index in [-0.39, 0.29) is 0 Å². The molecule has 0 atom stereocenters. The van der Waals surface area contributed by atoms with E-state index in [1.54, 1.807) is 0 Å². The van der Waals surface area contributed by atoms with E-state index in [9.17, 15) is 0 Å². The van der Waals surface area contributed by atoms with Crippen molar-refractivity contribution in [3.8, 4) is 39.9 Å². The number of nitrogens with zero attached hydrogens (tertiary/aromatic N) is 4. The van der Waals surface area contributed by atoms with Crippen LogP contribution in [0.15, 0.2) is 167 Å². The van der Waals surface area contributed by atoms with Gasteiger partial charge < -0.3 is 8.83 Å². The van der Waals surface area contributed by atoms with E-state index in [2.05, 4.69) is 89.5 Å². The van der Waals surface area contributed by atoms with Crippen molar-refractivity contribution in [3.05, 3.63) is 158 Å². The molecule has 7 aromatic carbocycles. The number of furan rings is 2. The lowest BCUT2D eigenvalue weighted by molar-refractivity contribution is 0.668. The molecule has 0 spiro atoms. The van der Waals surface area contributed by atoms with Crippen LogP contribution in [-0.4, -0.2) is 19.5 Å². The third kappa shape index (κ3) is 4.20. The number of aromatic nitrogens is 4. The molecule has 4 aromatic heterocycles. The lowest BCUT2D eigenvalue weighted by Crippen LogP contribution is -2.06. The van der Waals surface area contributed by atoms with E-state index >= 15 is 0 Å².